The Kier molecular flexibility index (Phi) is 4.89. The second kappa shape index (κ2) is 6.48. The quantitative estimate of drug-likeness (QED) is 0.914. The maximum Gasteiger partial charge on any atom is 0.265 e. The number of hydrogen-bond donors (Lipinski definition) is 1. The van der Waals surface area contributed by atoms with Gasteiger partial charge in [0, 0.05) is 12.1 Å². The molecule has 21 heavy (non-hydrogen) atoms. The Morgan fingerprint density at radius 1 is 1.38 bits per heavy atom. The Balaban J connectivity index is 2.21. The number of nitrogens with one attached hydrogen (secondary N) is 1. The standard InChI is InChI=1S/C13H17N3O3S2/c1-3-12(17)15-10-4-6-11(7-5-10)21(18,19)16-9-8-14-13(16)20-2/h4-7H,3,8-9H2,1-2H3,(H,15,17). The maximum atomic E-state index is 12.5. The lowest BCUT2D eigenvalue weighted by molar-refractivity contribution is -0.115. The smallest absolute Gasteiger partial charge is 0.265 e. The van der Waals surface area contributed by atoms with Gasteiger partial charge >= 0.3 is 0 Å². The number of nitrogens with zero attached hydrogens (tertiary/aromatic N) is 2. The van der Waals surface area contributed by atoms with Gasteiger partial charge < -0.3 is 5.32 Å². The van der Waals surface area contributed by atoms with Crippen molar-refractivity contribution in [1.82, 2.24) is 4.31 Å². The second-order valence-corrected chi connectivity index (χ2v) is 7.01. The minimum absolute atomic E-state index is 0.109. The normalized spacial score (nSPS) is 15.0. The summed E-state index contributed by atoms with van der Waals surface area (Å²) < 4.78 is 26.4. The van der Waals surface area contributed by atoms with Crippen LogP contribution >= 0.6 is 11.8 Å². The fourth-order valence-electron chi connectivity index (χ4n) is 1.89. The molecule has 1 aliphatic heterocycles. The summed E-state index contributed by atoms with van der Waals surface area (Å²) >= 11 is 1.32. The van der Waals surface area contributed by atoms with Crippen molar-refractivity contribution in [2.24, 2.45) is 4.99 Å². The van der Waals surface area contributed by atoms with E-state index in [0.29, 0.717) is 30.4 Å². The van der Waals surface area contributed by atoms with E-state index in [1.807, 2.05) is 0 Å². The van der Waals surface area contributed by atoms with Crippen molar-refractivity contribution in [2.75, 3.05) is 24.7 Å². The molecule has 114 valence electrons. The topological polar surface area (TPSA) is 78.8 Å². The summed E-state index contributed by atoms with van der Waals surface area (Å²) in [7, 11) is -3.58. The molecule has 0 unspecified atom stereocenters. The molecule has 1 aromatic carbocycles. The lowest BCUT2D eigenvalue weighted by atomic mass is 10.3. The number of benzene rings is 1. The predicted molar refractivity (Wildman–Crippen MR) is 85.1 cm³/mol. The number of amides is 1. The van der Waals surface area contributed by atoms with Gasteiger partial charge in [0.25, 0.3) is 10.0 Å². The van der Waals surface area contributed by atoms with E-state index in [1.54, 1.807) is 25.3 Å². The van der Waals surface area contributed by atoms with Crippen molar-refractivity contribution in [1.29, 1.82) is 0 Å². The molecule has 0 radical (unpaired) electrons. The molecule has 1 amide bonds. The van der Waals surface area contributed by atoms with Crippen LogP contribution in [0.5, 0.6) is 0 Å². The molecule has 0 bridgehead atoms. The van der Waals surface area contributed by atoms with E-state index >= 15 is 0 Å². The van der Waals surface area contributed by atoms with E-state index < -0.39 is 10.0 Å². The summed E-state index contributed by atoms with van der Waals surface area (Å²) in [6, 6.07) is 6.17. The third kappa shape index (κ3) is 3.38. The minimum atomic E-state index is -3.58. The highest BCUT2D eigenvalue weighted by atomic mass is 32.2. The van der Waals surface area contributed by atoms with E-state index in [1.165, 1.54) is 28.2 Å². The number of aliphatic imine (C=N–C) groups is 1. The Morgan fingerprint density at radius 3 is 2.62 bits per heavy atom. The first-order valence-electron chi connectivity index (χ1n) is 6.50. The highest BCUT2D eigenvalue weighted by Crippen LogP contribution is 2.23. The zero-order chi connectivity index (χ0) is 15.5. The molecule has 2 rings (SSSR count). The third-order valence-electron chi connectivity index (χ3n) is 2.99. The van der Waals surface area contributed by atoms with E-state index in [9.17, 15) is 13.2 Å². The third-order valence-corrected chi connectivity index (χ3v) is 5.63. The number of carbonyl (C=O) groups excluding carboxylic acids is 1. The molecule has 0 aliphatic carbocycles. The fraction of sp³-hybridized carbons (Fsp3) is 0.385. The fourth-order valence-corrected chi connectivity index (χ4v) is 4.24. The number of hydrogen-bond acceptors (Lipinski definition) is 5. The van der Waals surface area contributed by atoms with Crippen LogP contribution in [-0.4, -0.2) is 43.1 Å². The van der Waals surface area contributed by atoms with E-state index in [4.69, 9.17) is 0 Å². The van der Waals surface area contributed by atoms with Gasteiger partial charge in [0.2, 0.25) is 5.91 Å². The Labute approximate surface area is 128 Å². The molecule has 0 fully saturated rings. The molecule has 0 saturated heterocycles. The summed E-state index contributed by atoms with van der Waals surface area (Å²) in [6.07, 6.45) is 2.18. The molecule has 0 aromatic heterocycles. The van der Waals surface area contributed by atoms with E-state index in [0.717, 1.165) is 0 Å². The van der Waals surface area contributed by atoms with Crippen molar-refractivity contribution in [3.05, 3.63) is 24.3 Å². The van der Waals surface area contributed by atoms with E-state index in [-0.39, 0.29) is 10.8 Å². The number of thioether (sulfide) groups is 1. The first kappa shape index (κ1) is 15.8. The first-order valence-corrected chi connectivity index (χ1v) is 9.16. The van der Waals surface area contributed by atoms with Gasteiger partial charge in [-0.3, -0.25) is 9.79 Å². The molecule has 8 heteroatoms. The van der Waals surface area contributed by atoms with Crippen molar-refractivity contribution in [3.8, 4) is 0 Å². The van der Waals surface area contributed by atoms with Crippen LogP contribution in [0, 0.1) is 0 Å². The molecule has 1 aliphatic rings. The van der Waals surface area contributed by atoms with Gasteiger partial charge in [0.1, 0.15) is 0 Å². The van der Waals surface area contributed by atoms with Gasteiger partial charge in [-0.15, -0.1) is 0 Å². The van der Waals surface area contributed by atoms with Crippen LogP contribution < -0.4 is 5.32 Å². The predicted octanol–water partition coefficient (Wildman–Crippen LogP) is 1.76. The van der Waals surface area contributed by atoms with Crippen LogP contribution in [0.3, 0.4) is 0 Å². The SMILES string of the molecule is CCC(=O)Nc1ccc(S(=O)(=O)N2CCN=C2SC)cc1. The van der Waals surface area contributed by atoms with Crippen LogP contribution in [0.1, 0.15) is 13.3 Å². The Hall–Kier alpha value is -1.54. The van der Waals surface area contributed by atoms with E-state index in [2.05, 4.69) is 10.3 Å². The van der Waals surface area contributed by atoms with Crippen molar-refractivity contribution < 1.29 is 13.2 Å². The Morgan fingerprint density at radius 2 is 2.05 bits per heavy atom. The van der Waals surface area contributed by atoms with Gasteiger partial charge in [0.15, 0.2) is 5.17 Å². The van der Waals surface area contributed by atoms with Crippen molar-refractivity contribution in [2.45, 2.75) is 18.2 Å². The number of carbonyl (C=O) groups is 1. The molecule has 6 nitrogen and oxygen atoms in total. The largest absolute Gasteiger partial charge is 0.326 e. The molecular formula is C13H17N3O3S2. The highest BCUT2D eigenvalue weighted by molar-refractivity contribution is 8.14. The monoisotopic (exact) mass is 327 g/mol. The summed E-state index contributed by atoms with van der Waals surface area (Å²) in [5.74, 6) is -0.109. The average molecular weight is 327 g/mol. The summed E-state index contributed by atoms with van der Waals surface area (Å²) in [4.78, 5) is 15.7. The molecule has 0 spiro atoms. The average Bonchev–Trinajstić information content (AvgIpc) is 2.97. The maximum absolute atomic E-state index is 12.5. The van der Waals surface area contributed by atoms with Gasteiger partial charge in [-0.2, -0.15) is 0 Å². The van der Waals surface area contributed by atoms with Crippen LogP contribution in [-0.2, 0) is 14.8 Å². The van der Waals surface area contributed by atoms with Gasteiger partial charge in [-0.25, -0.2) is 12.7 Å². The van der Waals surface area contributed by atoms with Crippen molar-refractivity contribution >= 4 is 38.5 Å². The lowest BCUT2D eigenvalue weighted by Gasteiger charge is -2.19. The van der Waals surface area contributed by atoms with Crippen LogP contribution in [0.15, 0.2) is 34.2 Å². The molecule has 0 saturated carbocycles. The number of rotatable bonds is 4. The lowest BCUT2D eigenvalue weighted by Crippen LogP contribution is -2.32. The summed E-state index contributed by atoms with van der Waals surface area (Å²) in [5, 5.41) is 3.20. The van der Waals surface area contributed by atoms with Crippen LogP contribution in [0.25, 0.3) is 0 Å². The van der Waals surface area contributed by atoms with Gasteiger partial charge in [-0.1, -0.05) is 18.7 Å². The zero-order valence-corrected chi connectivity index (χ0v) is 13.5. The van der Waals surface area contributed by atoms with Crippen LogP contribution in [0.2, 0.25) is 0 Å². The summed E-state index contributed by atoms with van der Waals surface area (Å²) in [6.45, 7) is 2.61. The number of anilines is 1. The summed E-state index contributed by atoms with van der Waals surface area (Å²) in [5.41, 5.74) is 0.584. The Bertz CT molecular complexity index is 654. The van der Waals surface area contributed by atoms with Crippen LogP contribution in [0.4, 0.5) is 5.69 Å². The van der Waals surface area contributed by atoms with Gasteiger partial charge in [-0.05, 0) is 30.5 Å². The molecule has 1 heterocycles. The zero-order valence-electron chi connectivity index (χ0n) is 11.9. The number of amidine groups is 1. The van der Waals surface area contributed by atoms with Crippen molar-refractivity contribution in [3.63, 3.8) is 0 Å². The first-order chi connectivity index (χ1) is 9.98. The molecule has 1 aromatic rings. The number of sulfonamides is 1. The highest BCUT2D eigenvalue weighted by Gasteiger charge is 2.30. The minimum Gasteiger partial charge on any atom is -0.326 e. The molecule has 1 N–H and O–H groups in total. The second-order valence-electron chi connectivity index (χ2n) is 4.37. The molecule has 0 atom stereocenters. The van der Waals surface area contributed by atoms with Gasteiger partial charge in [0.05, 0.1) is 18.0 Å². The molecular weight excluding hydrogens is 310 g/mol.